The average Bonchev–Trinajstić information content (AvgIpc) is 2.62. The maximum atomic E-state index is 13.6. The minimum absolute atomic E-state index is 0.0181. The second-order valence-corrected chi connectivity index (χ2v) is 7.27. The van der Waals surface area contributed by atoms with Gasteiger partial charge in [0.25, 0.3) is 5.91 Å². The van der Waals surface area contributed by atoms with Crippen LogP contribution in [0.2, 0.25) is 0 Å². The molecule has 0 bridgehead atoms. The summed E-state index contributed by atoms with van der Waals surface area (Å²) in [7, 11) is -3.78. The zero-order chi connectivity index (χ0) is 17.9. The van der Waals surface area contributed by atoms with Crippen LogP contribution >= 0.6 is 0 Å². The smallest absolute Gasteiger partial charge is 0.253 e. The van der Waals surface area contributed by atoms with Crippen molar-refractivity contribution in [3.05, 3.63) is 59.9 Å². The van der Waals surface area contributed by atoms with E-state index >= 15 is 0 Å². The zero-order valence-electron chi connectivity index (χ0n) is 13.3. The lowest BCUT2D eigenvalue weighted by atomic mass is 10.2. The largest absolute Gasteiger partial charge is 0.370 e. The Morgan fingerprint density at radius 3 is 2.52 bits per heavy atom. The van der Waals surface area contributed by atoms with E-state index < -0.39 is 15.8 Å². The van der Waals surface area contributed by atoms with Crippen LogP contribution < -0.4 is 9.62 Å². The molecule has 0 aliphatic carbocycles. The van der Waals surface area contributed by atoms with Gasteiger partial charge in [-0.05, 0) is 30.3 Å². The number of sulfonamides is 1. The fourth-order valence-corrected chi connectivity index (χ4v) is 3.50. The lowest BCUT2D eigenvalue weighted by Gasteiger charge is -2.26. The molecular weight excluding hydrogens is 347 g/mol. The maximum Gasteiger partial charge on any atom is 0.253 e. The molecule has 1 aliphatic rings. The Labute approximate surface area is 145 Å². The first-order valence-corrected chi connectivity index (χ1v) is 9.17. The average molecular weight is 364 g/mol. The summed E-state index contributed by atoms with van der Waals surface area (Å²) in [6.07, 6.45) is 0. The number of nitrogens with zero attached hydrogens (tertiary/aromatic N) is 1. The molecule has 2 aromatic rings. The molecule has 0 unspecified atom stereocenters. The zero-order valence-corrected chi connectivity index (χ0v) is 14.1. The minimum Gasteiger partial charge on any atom is -0.370 e. The number of hydrogen-bond acceptors (Lipinski definition) is 4. The Kier molecular flexibility index (Phi) is 5.12. The Bertz CT molecular complexity index is 868. The standard InChI is InChI=1S/C17H17FN2O4S/c18-16-4-2-1-3-13(16)11-19-25(22,23)15-7-5-14(6-8-15)20-9-10-24-12-17(20)21/h1-8,19H,9-12H2. The third-order valence-electron chi connectivity index (χ3n) is 3.85. The summed E-state index contributed by atoms with van der Waals surface area (Å²) >= 11 is 0. The summed E-state index contributed by atoms with van der Waals surface area (Å²) in [4.78, 5) is 13.4. The molecule has 8 heteroatoms. The van der Waals surface area contributed by atoms with Gasteiger partial charge >= 0.3 is 0 Å². The van der Waals surface area contributed by atoms with Gasteiger partial charge in [-0.3, -0.25) is 4.79 Å². The van der Waals surface area contributed by atoms with Crippen molar-refractivity contribution >= 4 is 21.6 Å². The highest BCUT2D eigenvalue weighted by Crippen LogP contribution is 2.20. The van der Waals surface area contributed by atoms with Crippen LogP contribution in [0, 0.1) is 5.82 Å². The number of carbonyl (C=O) groups excluding carboxylic acids is 1. The summed E-state index contributed by atoms with van der Waals surface area (Å²) in [6, 6.07) is 12.0. The fraction of sp³-hybridized carbons (Fsp3) is 0.235. The van der Waals surface area contributed by atoms with Crippen LogP contribution in [0.25, 0.3) is 0 Å². The van der Waals surface area contributed by atoms with E-state index in [2.05, 4.69) is 4.72 Å². The Hall–Kier alpha value is -2.29. The van der Waals surface area contributed by atoms with Crippen LogP contribution in [0.1, 0.15) is 5.56 Å². The number of hydrogen-bond donors (Lipinski definition) is 1. The number of benzene rings is 2. The predicted octanol–water partition coefficient (Wildman–Crippen LogP) is 1.67. The van der Waals surface area contributed by atoms with Gasteiger partial charge in [0.15, 0.2) is 0 Å². The van der Waals surface area contributed by atoms with E-state index in [0.717, 1.165) is 0 Å². The molecule has 0 atom stereocenters. The van der Waals surface area contributed by atoms with Crippen molar-refractivity contribution in [1.82, 2.24) is 4.72 Å². The third-order valence-corrected chi connectivity index (χ3v) is 5.27. The van der Waals surface area contributed by atoms with Crippen LogP contribution in [0.5, 0.6) is 0 Å². The molecule has 1 heterocycles. The van der Waals surface area contributed by atoms with Gasteiger partial charge in [0.05, 0.1) is 11.5 Å². The molecule has 1 amide bonds. The number of amides is 1. The van der Waals surface area contributed by atoms with Crippen molar-refractivity contribution in [2.24, 2.45) is 0 Å². The van der Waals surface area contributed by atoms with Gasteiger partial charge in [0.2, 0.25) is 10.0 Å². The van der Waals surface area contributed by atoms with Crippen molar-refractivity contribution in [2.75, 3.05) is 24.7 Å². The lowest BCUT2D eigenvalue weighted by molar-refractivity contribution is -0.125. The second-order valence-electron chi connectivity index (χ2n) is 5.51. The predicted molar refractivity (Wildman–Crippen MR) is 90.0 cm³/mol. The first-order chi connectivity index (χ1) is 12.0. The lowest BCUT2D eigenvalue weighted by Crippen LogP contribution is -2.41. The van der Waals surface area contributed by atoms with Crippen molar-refractivity contribution in [2.45, 2.75) is 11.4 Å². The van der Waals surface area contributed by atoms with Gasteiger partial charge < -0.3 is 9.64 Å². The van der Waals surface area contributed by atoms with Gasteiger partial charge in [0, 0.05) is 24.3 Å². The number of rotatable bonds is 5. The molecule has 0 aromatic heterocycles. The number of anilines is 1. The number of carbonyl (C=O) groups is 1. The highest BCUT2D eigenvalue weighted by molar-refractivity contribution is 7.89. The van der Waals surface area contributed by atoms with Gasteiger partial charge in [-0.2, -0.15) is 0 Å². The molecule has 0 radical (unpaired) electrons. The SMILES string of the molecule is O=C1COCCN1c1ccc(S(=O)(=O)NCc2ccccc2F)cc1. The van der Waals surface area contributed by atoms with E-state index in [1.807, 2.05) is 0 Å². The molecular formula is C17H17FN2O4S. The quantitative estimate of drug-likeness (QED) is 0.876. The van der Waals surface area contributed by atoms with Crippen molar-refractivity contribution in [1.29, 1.82) is 0 Å². The topological polar surface area (TPSA) is 75.7 Å². The molecule has 6 nitrogen and oxygen atoms in total. The maximum absolute atomic E-state index is 13.6. The Balaban J connectivity index is 1.72. The molecule has 1 aliphatic heterocycles. The van der Waals surface area contributed by atoms with E-state index in [9.17, 15) is 17.6 Å². The highest BCUT2D eigenvalue weighted by atomic mass is 32.2. The molecule has 2 aromatic carbocycles. The monoisotopic (exact) mass is 364 g/mol. The normalized spacial score (nSPS) is 15.4. The van der Waals surface area contributed by atoms with Crippen molar-refractivity contribution < 1.29 is 22.3 Å². The Morgan fingerprint density at radius 2 is 1.84 bits per heavy atom. The van der Waals surface area contributed by atoms with Crippen molar-refractivity contribution in [3.8, 4) is 0 Å². The molecule has 1 fully saturated rings. The summed E-state index contributed by atoms with van der Waals surface area (Å²) < 4.78 is 45.7. The van der Waals surface area contributed by atoms with Gasteiger partial charge in [-0.1, -0.05) is 18.2 Å². The summed E-state index contributed by atoms with van der Waals surface area (Å²) in [5.74, 6) is -0.633. The second kappa shape index (κ2) is 7.30. The molecule has 1 saturated heterocycles. The van der Waals surface area contributed by atoms with Gasteiger partial charge in [-0.25, -0.2) is 17.5 Å². The van der Waals surface area contributed by atoms with E-state index in [-0.39, 0.29) is 29.5 Å². The first kappa shape index (κ1) is 17.5. The van der Waals surface area contributed by atoms with Gasteiger partial charge in [0.1, 0.15) is 12.4 Å². The Morgan fingerprint density at radius 1 is 1.12 bits per heavy atom. The highest BCUT2D eigenvalue weighted by Gasteiger charge is 2.21. The van der Waals surface area contributed by atoms with Crippen LogP contribution in [0.15, 0.2) is 53.4 Å². The van der Waals surface area contributed by atoms with Crippen LogP contribution in [-0.4, -0.2) is 34.1 Å². The minimum atomic E-state index is -3.78. The van der Waals surface area contributed by atoms with Crippen LogP contribution in [0.4, 0.5) is 10.1 Å². The fourth-order valence-electron chi connectivity index (χ4n) is 2.49. The van der Waals surface area contributed by atoms with Crippen LogP contribution in [0.3, 0.4) is 0 Å². The van der Waals surface area contributed by atoms with Crippen molar-refractivity contribution in [3.63, 3.8) is 0 Å². The summed E-state index contributed by atoms with van der Waals surface area (Å²) in [5, 5.41) is 0. The molecule has 25 heavy (non-hydrogen) atoms. The number of morpholine rings is 1. The molecule has 1 N–H and O–H groups in total. The molecule has 0 spiro atoms. The van der Waals surface area contributed by atoms with Crippen LogP contribution in [-0.2, 0) is 26.1 Å². The van der Waals surface area contributed by atoms with E-state index in [4.69, 9.17) is 4.74 Å². The number of ether oxygens (including phenoxy) is 1. The third kappa shape index (κ3) is 4.04. The number of halogens is 1. The summed E-state index contributed by atoms with van der Waals surface area (Å²) in [5.41, 5.74) is 0.878. The molecule has 0 saturated carbocycles. The molecule has 3 rings (SSSR count). The number of nitrogens with one attached hydrogen (secondary N) is 1. The van der Waals surface area contributed by atoms with Gasteiger partial charge in [-0.15, -0.1) is 0 Å². The first-order valence-electron chi connectivity index (χ1n) is 7.68. The van der Waals surface area contributed by atoms with E-state index in [0.29, 0.717) is 18.8 Å². The van der Waals surface area contributed by atoms with E-state index in [1.54, 1.807) is 29.2 Å². The molecule has 132 valence electrons. The summed E-state index contributed by atoms with van der Waals surface area (Å²) in [6.45, 7) is 0.745. The van der Waals surface area contributed by atoms with E-state index in [1.165, 1.54) is 24.3 Å².